The van der Waals surface area contributed by atoms with Crippen molar-refractivity contribution in [2.45, 2.75) is 25.3 Å². The number of ether oxygens (including phenoxy) is 2. The lowest BCUT2D eigenvalue weighted by atomic mass is 10.2. The second-order valence-corrected chi connectivity index (χ2v) is 7.64. The Hall–Kier alpha value is -2.51. The molecule has 0 fully saturated rings. The lowest BCUT2D eigenvalue weighted by Crippen LogP contribution is -1.96. The van der Waals surface area contributed by atoms with E-state index < -0.39 is 9.05 Å². The first kappa shape index (κ1) is 20.8. The molecule has 0 atom stereocenters. The molecule has 8 heteroatoms. The Bertz CT molecular complexity index is 951. The summed E-state index contributed by atoms with van der Waals surface area (Å²) in [4.78, 5) is 4.38. The zero-order chi connectivity index (χ0) is 19.9. The van der Waals surface area contributed by atoms with Gasteiger partial charge in [-0.15, -0.1) is 0 Å². The van der Waals surface area contributed by atoms with Gasteiger partial charge in [0.05, 0.1) is 12.0 Å². The Morgan fingerprint density at radius 1 is 1.00 bits per heavy atom. The van der Waals surface area contributed by atoms with Gasteiger partial charge in [-0.25, -0.2) is 13.4 Å². The van der Waals surface area contributed by atoms with Crippen LogP contribution in [0.15, 0.2) is 64.1 Å². The van der Waals surface area contributed by atoms with Crippen molar-refractivity contribution >= 4 is 19.7 Å². The minimum absolute atomic E-state index is 0.0183. The van der Waals surface area contributed by atoms with E-state index in [1.165, 1.54) is 30.5 Å². The highest BCUT2D eigenvalue weighted by Gasteiger charge is 2.10. The number of rotatable bonds is 6. The van der Waals surface area contributed by atoms with Crippen molar-refractivity contribution in [3.8, 4) is 23.0 Å². The number of nitrogens with zero attached hydrogens (tertiary/aromatic N) is 1. The van der Waals surface area contributed by atoms with Crippen LogP contribution >= 0.6 is 10.7 Å². The smallest absolute Gasteiger partial charge is 0.261 e. The van der Waals surface area contributed by atoms with Crippen molar-refractivity contribution in [1.29, 1.82) is 0 Å². The molecule has 0 bridgehead atoms. The van der Waals surface area contributed by atoms with Crippen LogP contribution < -0.4 is 9.47 Å². The molecule has 1 heterocycles. The van der Waals surface area contributed by atoms with Gasteiger partial charge in [0, 0.05) is 16.2 Å². The van der Waals surface area contributed by atoms with Crippen molar-refractivity contribution < 1.29 is 22.3 Å². The Morgan fingerprint density at radius 3 is 2.15 bits per heavy atom. The molecule has 0 amide bonds. The highest BCUT2D eigenvalue weighted by molar-refractivity contribution is 8.13. The average Bonchev–Trinajstić information content (AvgIpc) is 3.17. The first-order valence-corrected chi connectivity index (χ1v) is 10.5. The van der Waals surface area contributed by atoms with Crippen LogP contribution in [0.2, 0.25) is 0 Å². The van der Waals surface area contributed by atoms with E-state index >= 15 is 0 Å². The predicted molar refractivity (Wildman–Crippen MR) is 104 cm³/mol. The maximum atomic E-state index is 11.2. The van der Waals surface area contributed by atoms with Crippen molar-refractivity contribution in [3.63, 3.8) is 0 Å². The van der Waals surface area contributed by atoms with Gasteiger partial charge in [0.25, 0.3) is 9.05 Å². The summed E-state index contributed by atoms with van der Waals surface area (Å²) >= 11 is 0. The normalized spacial score (nSPS) is 10.7. The third-order valence-corrected chi connectivity index (χ3v) is 4.75. The molecule has 0 aliphatic rings. The minimum Gasteiger partial charge on any atom is -0.497 e. The third kappa shape index (κ3) is 5.74. The van der Waals surface area contributed by atoms with E-state index in [-0.39, 0.29) is 11.5 Å². The molecule has 0 saturated heterocycles. The van der Waals surface area contributed by atoms with E-state index in [0.29, 0.717) is 17.3 Å². The topological polar surface area (TPSA) is 78.6 Å². The third-order valence-electron chi connectivity index (χ3n) is 3.38. The van der Waals surface area contributed by atoms with Crippen LogP contribution in [-0.2, 0) is 15.7 Å². The van der Waals surface area contributed by atoms with Crippen LogP contribution in [0, 0.1) is 0 Å². The summed E-state index contributed by atoms with van der Waals surface area (Å²) in [5.74, 6) is 1.73. The van der Waals surface area contributed by atoms with Crippen LogP contribution in [-0.4, -0.2) is 20.5 Å². The number of oxazole rings is 1. The first-order valence-electron chi connectivity index (χ1n) is 8.22. The average molecular weight is 410 g/mol. The summed E-state index contributed by atoms with van der Waals surface area (Å²) in [5, 5.41) is 0. The van der Waals surface area contributed by atoms with E-state index in [2.05, 4.69) is 4.98 Å². The van der Waals surface area contributed by atoms with Crippen LogP contribution in [0.25, 0.3) is 11.5 Å². The molecule has 0 unspecified atom stereocenters. The number of hydrogen-bond donors (Lipinski definition) is 0. The molecule has 0 N–H and O–H groups in total. The molecule has 1 aromatic heterocycles. The summed E-state index contributed by atoms with van der Waals surface area (Å²) < 4.78 is 38.5. The molecular formula is C19H20ClNO5S. The van der Waals surface area contributed by atoms with Crippen LogP contribution in [0.1, 0.15) is 19.5 Å². The molecular weight excluding hydrogens is 390 g/mol. The number of halogens is 1. The SMILES string of the molecule is CC.COc1ccc(-c2nc(COc3ccc(S(=O)(=O)Cl)cc3)co2)cc1. The maximum Gasteiger partial charge on any atom is 0.261 e. The van der Waals surface area contributed by atoms with Gasteiger partial charge in [0.15, 0.2) is 0 Å². The van der Waals surface area contributed by atoms with Crippen molar-refractivity contribution in [1.82, 2.24) is 4.98 Å². The molecule has 3 aromatic rings. The largest absolute Gasteiger partial charge is 0.497 e. The molecule has 0 spiro atoms. The van der Waals surface area contributed by atoms with Gasteiger partial charge in [-0.1, -0.05) is 13.8 Å². The van der Waals surface area contributed by atoms with E-state index in [9.17, 15) is 8.42 Å². The molecule has 0 aliphatic heterocycles. The fourth-order valence-electron chi connectivity index (χ4n) is 2.10. The molecule has 3 rings (SSSR count). The molecule has 0 saturated carbocycles. The number of methoxy groups -OCH3 is 1. The number of benzene rings is 2. The lowest BCUT2D eigenvalue weighted by Gasteiger charge is -2.04. The zero-order valence-electron chi connectivity index (χ0n) is 15.2. The summed E-state index contributed by atoms with van der Waals surface area (Å²) in [5.41, 5.74) is 1.43. The standard InChI is InChI=1S/C17H14ClNO5S.C2H6/c1-22-14-4-2-12(3-5-14)17-19-13(11-24-17)10-23-15-6-8-16(9-7-15)25(18,20)21;1-2/h2-9,11H,10H2,1H3;1-2H3. The van der Waals surface area contributed by atoms with Gasteiger partial charge < -0.3 is 13.9 Å². The fraction of sp³-hybridized carbons (Fsp3) is 0.211. The highest BCUT2D eigenvalue weighted by Crippen LogP contribution is 2.23. The Kier molecular flexibility index (Phi) is 7.27. The summed E-state index contributed by atoms with van der Waals surface area (Å²) in [6.45, 7) is 4.19. The van der Waals surface area contributed by atoms with Crippen LogP contribution in [0.4, 0.5) is 0 Å². The molecule has 6 nitrogen and oxygen atoms in total. The van der Waals surface area contributed by atoms with Crippen molar-refractivity contribution in [3.05, 3.63) is 60.5 Å². The van der Waals surface area contributed by atoms with Crippen molar-refractivity contribution in [2.75, 3.05) is 7.11 Å². The molecule has 0 radical (unpaired) electrons. The molecule has 2 aromatic carbocycles. The van der Waals surface area contributed by atoms with E-state index in [1.807, 2.05) is 38.1 Å². The first-order chi connectivity index (χ1) is 13.0. The fourth-order valence-corrected chi connectivity index (χ4v) is 2.86. The second-order valence-electron chi connectivity index (χ2n) is 5.07. The van der Waals surface area contributed by atoms with Crippen LogP contribution in [0.3, 0.4) is 0 Å². The quantitative estimate of drug-likeness (QED) is 0.539. The summed E-state index contributed by atoms with van der Waals surface area (Å²) in [6, 6.07) is 13.2. The monoisotopic (exact) mass is 409 g/mol. The van der Waals surface area contributed by atoms with Crippen molar-refractivity contribution in [2.24, 2.45) is 0 Å². The summed E-state index contributed by atoms with van der Waals surface area (Å²) in [7, 11) is 3.13. The molecule has 144 valence electrons. The molecule has 0 aliphatic carbocycles. The van der Waals surface area contributed by atoms with Gasteiger partial charge in [-0.3, -0.25) is 0 Å². The highest BCUT2D eigenvalue weighted by atomic mass is 35.7. The predicted octanol–water partition coefficient (Wildman–Crippen LogP) is 4.88. The van der Waals surface area contributed by atoms with Gasteiger partial charge in [0.2, 0.25) is 5.89 Å². The van der Waals surface area contributed by atoms with Gasteiger partial charge in [-0.05, 0) is 48.5 Å². The minimum atomic E-state index is -3.74. The van der Waals surface area contributed by atoms with Gasteiger partial charge in [-0.2, -0.15) is 0 Å². The lowest BCUT2D eigenvalue weighted by molar-refractivity contribution is 0.301. The second kappa shape index (κ2) is 9.43. The van der Waals surface area contributed by atoms with E-state index in [4.69, 9.17) is 24.6 Å². The Labute approximate surface area is 163 Å². The Morgan fingerprint density at radius 2 is 1.59 bits per heavy atom. The van der Waals surface area contributed by atoms with E-state index in [0.717, 1.165) is 11.3 Å². The van der Waals surface area contributed by atoms with Gasteiger partial charge in [0.1, 0.15) is 30.1 Å². The Balaban J connectivity index is 0.00000126. The number of aromatic nitrogens is 1. The summed E-state index contributed by atoms with van der Waals surface area (Å²) in [6.07, 6.45) is 1.51. The van der Waals surface area contributed by atoms with E-state index in [1.54, 1.807) is 7.11 Å². The van der Waals surface area contributed by atoms with Crippen LogP contribution in [0.5, 0.6) is 11.5 Å². The van der Waals surface area contributed by atoms with Gasteiger partial charge >= 0.3 is 0 Å². The molecule has 27 heavy (non-hydrogen) atoms. The number of hydrogen-bond acceptors (Lipinski definition) is 6. The maximum absolute atomic E-state index is 11.2. The zero-order valence-corrected chi connectivity index (χ0v) is 16.8.